The number of aryl methyl sites for hydroxylation is 1. The maximum Gasteiger partial charge on any atom is 0.416 e. The molecule has 3 N–H and O–H groups in total. The summed E-state index contributed by atoms with van der Waals surface area (Å²) in [7, 11) is 0. The van der Waals surface area contributed by atoms with Crippen LogP contribution in [0.4, 0.5) is 18.9 Å². The second kappa shape index (κ2) is 7.77. The quantitative estimate of drug-likeness (QED) is 0.364. The van der Waals surface area contributed by atoms with Crippen LogP contribution in [0.25, 0.3) is 0 Å². The maximum atomic E-state index is 12.9. The Morgan fingerprint density at radius 3 is 2.70 bits per heavy atom. The first-order chi connectivity index (χ1) is 10.6. The van der Waals surface area contributed by atoms with Gasteiger partial charge >= 0.3 is 6.18 Å². The molecule has 126 valence electrons. The van der Waals surface area contributed by atoms with Crippen LogP contribution >= 0.6 is 0 Å². The van der Waals surface area contributed by atoms with E-state index in [1.807, 2.05) is 0 Å². The molecule has 23 heavy (non-hydrogen) atoms. The van der Waals surface area contributed by atoms with E-state index in [0.29, 0.717) is 6.42 Å². The van der Waals surface area contributed by atoms with Crippen molar-refractivity contribution in [2.75, 3.05) is 5.32 Å². The van der Waals surface area contributed by atoms with E-state index in [2.05, 4.69) is 17.2 Å². The van der Waals surface area contributed by atoms with Gasteiger partial charge in [0.05, 0.1) is 5.56 Å². The standard InChI is InChI=1S/C15H18F3N3O2/c1-9-4-6-11(8-12(9)15(16,17)18)21-14(22)13(23-20-3)7-5-10(2)19/h4,6-8,10H,3,5,19H2,1-2H3,(H,21,22)/b13-7-. The molecule has 1 amide bonds. The molecule has 1 rings (SSSR count). The lowest BCUT2D eigenvalue weighted by molar-refractivity contribution is -0.138. The molecule has 0 radical (unpaired) electrons. The molecule has 0 fully saturated rings. The van der Waals surface area contributed by atoms with Gasteiger partial charge in [-0.3, -0.25) is 4.79 Å². The normalized spacial score (nSPS) is 13.4. The number of nitrogens with two attached hydrogens (primary N) is 1. The van der Waals surface area contributed by atoms with E-state index < -0.39 is 17.6 Å². The van der Waals surface area contributed by atoms with Gasteiger partial charge in [0.2, 0.25) is 5.76 Å². The van der Waals surface area contributed by atoms with Crippen molar-refractivity contribution in [1.82, 2.24) is 0 Å². The van der Waals surface area contributed by atoms with Gasteiger partial charge < -0.3 is 15.9 Å². The molecule has 0 aliphatic rings. The minimum atomic E-state index is -4.50. The number of nitrogens with zero attached hydrogens (tertiary/aromatic N) is 1. The predicted octanol–water partition coefficient (Wildman–Crippen LogP) is 3.21. The number of benzene rings is 1. The molecular formula is C15H18F3N3O2. The number of hydrogen-bond acceptors (Lipinski definition) is 4. The summed E-state index contributed by atoms with van der Waals surface area (Å²) in [5.74, 6) is -0.929. The van der Waals surface area contributed by atoms with Crippen LogP contribution in [0.15, 0.2) is 35.2 Å². The molecule has 0 saturated carbocycles. The summed E-state index contributed by atoms with van der Waals surface area (Å²) < 4.78 is 38.6. The lowest BCUT2D eigenvalue weighted by atomic mass is 10.1. The van der Waals surface area contributed by atoms with Gasteiger partial charge in [-0.15, -0.1) is 0 Å². The van der Waals surface area contributed by atoms with Crippen LogP contribution in [0.5, 0.6) is 0 Å². The van der Waals surface area contributed by atoms with Gasteiger partial charge in [0, 0.05) is 18.4 Å². The minimum Gasteiger partial charge on any atom is -0.352 e. The number of nitrogens with one attached hydrogen (secondary N) is 1. The molecule has 0 saturated heterocycles. The average Bonchev–Trinajstić information content (AvgIpc) is 2.44. The van der Waals surface area contributed by atoms with Gasteiger partial charge in [-0.1, -0.05) is 11.2 Å². The summed E-state index contributed by atoms with van der Waals surface area (Å²) in [5, 5.41) is 5.48. The number of anilines is 1. The van der Waals surface area contributed by atoms with E-state index in [-0.39, 0.29) is 23.1 Å². The summed E-state index contributed by atoms with van der Waals surface area (Å²) in [5.41, 5.74) is 4.81. The van der Waals surface area contributed by atoms with Gasteiger partial charge in [-0.2, -0.15) is 13.2 Å². The first-order valence-corrected chi connectivity index (χ1v) is 6.73. The molecule has 1 unspecified atom stereocenters. The topological polar surface area (TPSA) is 76.7 Å². The lowest BCUT2D eigenvalue weighted by Gasteiger charge is -2.13. The van der Waals surface area contributed by atoms with E-state index in [4.69, 9.17) is 10.6 Å². The highest BCUT2D eigenvalue weighted by Gasteiger charge is 2.32. The van der Waals surface area contributed by atoms with E-state index in [9.17, 15) is 18.0 Å². The van der Waals surface area contributed by atoms with Crippen LogP contribution in [-0.2, 0) is 15.8 Å². The molecule has 0 aliphatic heterocycles. The van der Waals surface area contributed by atoms with Crippen molar-refractivity contribution >= 4 is 18.3 Å². The highest BCUT2D eigenvalue weighted by molar-refractivity contribution is 6.02. The lowest BCUT2D eigenvalue weighted by Crippen LogP contribution is -2.18. The third kappa shape index (κ3) is 5.74. The Kier molecular flexibility index (Phi) is 6.32. The second-order valence-electron chi connectivity index (χ2n) is 4.98. The molecule has 0 heterocycles. The molecule has 1 atom stereocenters. The monoisotopic (exact) mass is 329 g/mol. The number of alkyl halides is 3. The number of carbonyl (C=O) groups excluding carboxylic acids is 1. The van der Waals surface area contributed by atoms with Crippen molar-refractivity contribution < 1.29 is 22.8 Å². The van der Waals surface area contributed by atoms with Gasteiger partial charge in [-0.25, -0.2) is 0 Å². The average molecular weight is 329 g/mol. The van der Waals surface area contributed by atoms with Crippen LogP contribution in [-0.4, -0.2) is 18.7 Å². The highest BCUT2D eigenvalue weighted by Crippen LogP contribution is 2.33. The van der Waals surface area contributed by atoms with Crippen molar-refractivity contribution in [3.8, 4) is 0 Å². The molecule has 5 nitrogen and oxygen atoms in total. The number of carbonyl (C=O) groups is 1. The van der Waals surface area contributed by atoms with E-state index in [1.165, 1.54) is 25.1 Å². The first kappa shape index (κ1) is 18.7. The fraction of sp³-hybridized carbons (Fsp3) is 0.333. The third-order valence-corrected chi connectivity index (χ3v) is 2.86. The van der Waals surface area contributed by atoms with Crippen LogP contribution in [0.1, 0.15) is 24.5 Å². The first-order valence-electron chi connectivity index (χ1n) is 6.73. The largest absolute Gasteiger partial charge is 0.416 e. The number of oxime groups is 1. The van der Waals surface area contributed by atoms with E-state index in [0.717, 1.165) is 6.07 Å². The van der Waals surface area contributed by atoms with Crippen molar-refractivity contribution in [2.45, 2.75) is 32.5 Å². The summed E-state index contributed by atoms with van der Waals surface area (Å²) in [6, 6.07) is 3.28. The third-order valence-electron chi connectivity index (χ3n) is 2.86. The zero-order valence-corrected chi connectivity index (χ0v) is 12.8. The molecule has 0 spiro atoms. The van der Waals surface area contributed by atoms with Gasteiger partial charge in [0.1, 0.15) is 0 Å². The van der Waals surface area contributed by atoms with Gasteiger partial charge in [0.25, 0.3) is 5.91 Å². The van der Waals surface area contributed by atoms with Crippen LogP contribution < -0.4 is 11.1 Å². The van der Waals surface area contributed by atoms with E-state index >= 15 is 0 Å². The maximum absolute atomic E-state index is 12.9. The smallest absolute Gasteiger partial charge is 0.352 e. The van der Waals surface area contributed by atoms with Crippen LogP contribution in [0.3, 0.4) is 0 Å². The zero-order chi connectivity index (χ0) is 17.6. The Labute approximate surface area is 132 Å². The SMILES string of the molecule is C=NO/C(=C\CC(C)N)C(=O)Nc1ccc(C)c(C(F)(F)F)c1. The summed E-state index contributed by atoms with van der Waals surface area (Å²) >= 11 is 0. The Balaban J connectivity index is 2.99. The second-order valence-corrected chi connectivity index (χ2v) is 4.98. The minimum absolute atomic E-state index is 0.00714. The highest BCUT2D eigenvalue weighted by atomic mass is 19.4. The zero-order valence-electron chi connectivity index (χ0n) is 12.8. The Hall–Kier alpha value is -2.35. The summed E-state index contributed by atoms with van der Waals surface area (Å²) in [4.78, 5) is 16.8. The van der Waals surface area contributed by atoms with Crippen molar-refractivity contribution in [1.29, 1.82) is 0 Å². The van der Waals surface area contributed by atoms with Crippen molar-refractivity contribution in [3.05, 3.63) is 41.2 Å². The molecule has 0 aromatic heterocycles. The predicted molar refractivity (Wildman–Crippen MR) is 81.8 cm³/mol. The molecule has 0 bridgehead atoms. The Morgan fingerprint density at radius 2 is 2.17 bits per heavy atom. The number of rotatable bonds is 6. The van der Waals surface area contributed by atoms with E-state index in [1.54, 1.807) is 6.92 Å². The number of hydrogen-bond donors (Lipinski definition) is 2. The van der Waals surface area contributed by atoms with Crippen LogP contribution in [0, 0.1) is 6.92 Å². The molecular weight excluding hydrogens is 311 g/mol. The van der Waals surface area contributed by atoms with Crippen LogP contribution in [0.2, 0.25) is 0 Å². The fourth-order valence-corrected chi connectivity index (χ4v) is 1.73. The Bertz CT molecular complexity index is 610. The number of amides is 1. The Morgan fingerprint density at radius 1 is 1.52 bits per heavy atom. The van der Waals surface area contributed by atoms with Gasteiger partial charge in [0.15, 0.2) is 0 Å². The fourth-order valence-electron chi connectivity index (χ4n) is 1.73. The van der Waals surface area contributed by atoms with Crippen molar-refractivity contribution in [2.24, 2.45) is 10.9 Å². The summed E-state index contributed by atoms with van der Waals surface area (Å²) in [6.45, 7) is 6.17. The number of halogens is 3. The van der Waals surface area contributed by atoms with Gasteiger partial charge in [-0.05, 0) is 44.0 Å². The molecule has 1 aromatic rings. The molecule has 0 aliphatic carbocycles. The van der Waals surface area contributed by atoms with Crippen molar-refractivity contribution in [3.63, 3.8) is 0 Å². The molecule has 8 heteroatoms. The molecule has 1 aromatic carbocycles. The summed E-state index contributed by atoms with van der Waals surface area (Å²) in [6.07, 6.45) is -2.77.